The SMILES string of the molecule is CCCCCCCCCCCCCCCCCCCCCCCCCCC(O)C(CO)NC(=O)CCCCCCCCCCCCCCCCCCCCCCCCCCCCCCCCCOC(=O)CCCCCCCCCCCCCCCCC. The first-order valence-corrected chi connectivity index (χ1v) is 40.8. The van der Waals surface area contributed by atoms with Crippen molar-refractivity contribution < 1.29 is 24.5 Å². The fourth-order valence-electron chi connectivity index (χ4n) is 13.5. The summed E-state index contributed by atoms with van der Waals surface area (Å²) in [5, 5.41) is 23.5. The van der Waals surface area contributed by atoms with Gasteiger partial charge in [-0.05, 0) is 25.7 Å². The number of nitrogens with one attached hydrogen (secondary N) is 1. The zero-order valence-electron chi connectivity index (χ0n) is 59.8. The maximum atomic E-state index is 12.6. The third-order valence-electron chi connectivity index (χ3n) is 19.7. The van der Waals surface area contributed by atoms with E-state index in [4.69, 9.17) is 4.74 Å². The van der Waals surface area contributed by atoms with E-state index >= 15 is 0 Å². The second-order valence-corrected chi connectivity index (χ2v) is 28.5. The quantitative estimate of drug-likeness (QED) is 0.0417. The molecule has 2 atom stereocenters. The lowest BCUT2D eigenvalue weighted by Crippen LogP contribution is -2.45. The number of esters is 1. The molecule has 0 aliphatic heterocycles. The van der Waals surface area contributed by atoms with Crippen LogP contribution in [0.1, 0.15) is 483 Å². The standard InChI is InChI=1S/C81H161NO5/c1-3-5-7-9-11-13-15-17-19-20-21-22-23-33-36-39-42-46-49-53-57-61-65-69-73-79(84)78(77-83)82-80(85)74-70-66-62-58-54-50-47-43-40-37-34-31-29-27-25-24-26-28-30-32-35-38-41-44-48-52-56-60-64-68-72-76-87-81(86)75-71-67-63-59-55-51-45-18-16-14-12-10-8-6-4-2/h78-79,83-84H,3-77H2,1-2H3,(H,82,85). The van der Waals surface area contributed by atoms with Crippen LogP contribution < -0.4 is 5.32 Å². The predicted octanol–water partition coefficient (Wildman–Crippen LogP) is 26.9. The summed E-state index contributed by atoms with van der Waals surface area (Å²) in [6.07, 6.45) is 96.3. The van der Waals surface area contributed by atoms with E-state index in [1.54, 1.807) is 0 Å². The van der Waals surface area contributed by atoms with Gasteiger partial charge in [0.05, 0.1) is 25.4 Å². The Kier molecular flexibility index (Phi) is 76.3. The van der Waals surface area contributed by atoms with Crippen molar-refractivity contribution in [2.45, 2.75) is 495 Å². The van der Waals surface area contributed by atoms with Gasteiger partial charge in [0.2, 0.25) is 5.91 Å². The Morgan fingerprint density at radius 1 is 0.276 bits per heavy atom. The summed E-state index contributed by atoms with van der Waals surface area (Å²) in [5.74, 6) is 0.00129. The minimum absolute atomic E-state index is 0.0240. The number of rotatable bonds is 78. The molecule has 0 radical (unpaired) electrons. The molecule has 0 spiro atoms. The average molecular weight is 1230 g/mol. The lowest BCUT2D eigenvalue weighted by atomic mass is 10.0. The zero-order valence-corrected chi connectivity index (χ0v) is 59.8. The topological polar surface area (TPSA) is 95.9 Å². The first-order valence-electron chi connectivity index (χ1n) is 40.8. The molecule has 0 rings (SSSR count). The summed E-state index contributed by atoms with van der Waals surface area (Å²) in [4.78, 5) is 24.7. The zero-order chi connectivity index (χ0) is 62.8. The number of hydrogen-bond acceptors (Lipinski definition) is 5. The highest BCUT2D eigenvalue weighted by atomic mass is 16.5. The Morgan fingerprint density at radius 2 is 0.471 bits per heavy atom. The maximum absolute atomic E-state index is 12.6. The fraction of sp³-hybridized carbons (Fsp3) is 0.975. The second-order valence-electron chi connectivity index (χ2n) is 28.5. The largest absolute Gasteiger partial charge is 0.466 e. The molecule has 0 saturated heterocycles. The lowest BCUT2D eigenvalue weighted by molar-refractivity contribution is -0.143. The number of ether oxygens (including phenoxy) is 1. The molecule has 0 bridgehead atoms. The summed E-state index contributed by atoms with van der Waals surface area (Å²) in [6.45, 7) is 5.02. The van der Waals surface area contributed by atoms with Gasteiger partial charge in [-0.2, -0.15) is 0 Å². The van der Waals surface area contributed by atoms with Crippen LogP contribution in [0.3, 0.4) is 0 Å². The van der Waals surface area contributed by atoms with Gasteiger partial charge in [0.1, 0.15) is 0 Å². The van der Waals surface area contributed by atoms with Gasteiger partial charge in [-0.1, -0.05) is 444 Å². The molecule has 0 aliphatic carbocycles. The molecular formula is C81H161NO5. The van der Waals surface area contributed by atoms with Crippen LogP contribution in [0.4, 0.5) is 0 Å². The molecule has 3 N–H and O–H groups in total. The van der Waals surface area contributed by atoms with Crippen LogP contribution in [0.2, 0.25) is 0 Å². The van der Waals surface area contributed by atoms with Crippen LogP contribution in [0.5, 0.6) is 0 Å². The Morgan fingerprint density at radius 3 is 0.701 bits per heavy atom. The number of unbranched alkanes of at least 4 members (excludes halogenated alkanes) is 67. The van der Waals surface area contributed by atoms with E-state index in [0.29, 0.717) is 25.9 Å². The van der Waals surface area contributed by atoms with E-state index in [1.807, 2.05) is 0 Å². The highest BCUT2D eigenvalue weighted by molar-refractivity contribution is 5.76. The third kappa shape index (κ3) is 73.8. The van der Waals surface area contributed by atoms with Gasteiger partial charge in [-0.25, -0.2) is 0 Å². The minimum atomic E-state index is -0.662. The maximum Gasteiger partial charge on any atom is 0.305 e. The first-order chi connectivity index (χ1) is 43.0. The van der Waals surface area contributed by atoms with E-state index < -0.39 is 12.1 Å². The molecule has 0 fully saturated rings. The van der Waals surface area contributed by atoms with Crippen molar-refractivity contribution in [3.8, 4) is 0 Å². The van der Waals surface area contributed by atoms with Gasteiger partial charge in [0.15, 0.2) is 0 Å². The molecule has 0 aromatic carbocycles. The molecule has 6 nitrogen and oxygen atoms in total. The fourth-order valence-corrected chi connectivity index (χ4v) is 13.5. The van der Waals surface area contributed by atoms with Crippen molar-refractivity contribution in [2.24, 2.45) is 0 Å². The number of aliphatic hydroxyl groups is 2. The van der Waals surface area contributed by atoms with Crippen molar-refractivity contribution in [1.82, 2.24) is 5.32 Å². The number of carbonyl (C=O) groups excluding carboxylic acids is 2. The smallest absolute Gasteiger partial charge is 0.305 e. The first kappa shape index (κ1) is 85.9. The normalized spacial score (nSPS) is 12.4. The Hall–Kier alpha value is -1.14. The predicted molar refractivity (Wildman–Crippen MR) is 384 cm³/mol. The van der Waals surface area contributed by atoms with Gasteiger partial charge in [0, 0.05) is 12.8 Å². The molecule has 1 amide bonds. The van der Waals surface area contributed by atoms with Gasteiger partial charge in [0.25, 0.3) is 0 Å². The number of hydrogen-bond donors (Lipinski definition) is 3. The molecule has 2 unspecified atom stereocenters. The minimum Gasteiger partial charge on any atom is -0.466 e. The number of carbonyl (C=O) groups is 2. The summed E-state index contributed by atoms with van der Waals surface area (Å²) >= 11 is 0. The van der Waals surface area contributed by atoms with Gasteiger partial charge in [-0.3, -0.25) is 9.59 Å². The molecule has 0 saturated carbocycles. The van der Waals surface area contributed by atoms with E-state index in [2.05, 4.69) is 19.2 Å². The Labute approximate surface area is 547 Å². The Balaban J connectivity index is 3.32. The van der Waals surface area contributed by atoms with E-state index in [-0.39, 0.29) is 18.5 Å². The molecular weight excluding hydrogens is 1070 g/mol. The highest BCUT2D eigenvalue weighted by Crippen LogP contribution is 2.21. The molecule has 6 heteroatoms. The monoisotopic (exact) mass is 1230 g/mol. The van der Waals surface area contributed by atoms with Crippen LogP contribution in [0.25, 0.3) is 0 Å². The van der Waals surface area contributed by atoms with Gasteiger partial charge < -0.3 is 20.3 Å². The highest BCUT2D eigenvalue weighted by Gasteiger charge is 2.20. The van der Waals surface area contributed by atoms with Crippen molar-refractivity contribution >= 4 is 11.9 Å². The summed E-state index contributed by atoms with van der Waals surface area (Å²) < 4.78 is 5.51. The van der Waals surface area contributed by atoms with E-state index in [0.717, 1.165) is 38.5 Å². The van der Waals surface area contributed by atoms with Crippen LogP contribution >= 0.6 is 0 Å². The molecule has 0 heterocycles. The second kappa shape index (κ2) is 77.3. The number of amides is 1. The average Bonchev–Trinajstić information content (AvgIpc) is 3.58. The molecule has 0 aromatic rings. The molecule has 0 aliphatic rings. The summed E-state index contributed by atoms with van der Waals surface area (Å²) in [5.41, 5.74) is 0. The number of aliphatic hydroxyl groups excluding tert-OH is 2. The van der Waals surface area contributed by atoms with E-state index in [9.17, 15) is 19.8 Å². The van der Waals surface area contributed by atoms with Crippen molar-refractivity contribution in [3.05, 3.63) is 0 Å². The van der Waals surface area contributed by atoms with Crippen molar-refractivity contribution in [2.75, 3.05) is 13.2 Å². The lowest BCUT2D eigenvalue weighted by Gasteiger charge is -2.22. The van der Waals surface area contributed by atoms with Crippen LogP contribution in [0, 0.1) is 0 Å². The van der Waals surface area contributed by atoms with Crippen LogP contribution in [0.15, 0.2) is 0 Å². The van der Waals surface area contributed by atoms with Crippen molar-refractivity contribution in [3.63, 3.8) is 0 Å². The summed E-state index contributed by atoms with van der Waals surface area (Å²) in [6, 6.07) is -0.539. The van der Waals surface area contributed by atoms with Crippen molar-refractivity contribution in [1.29, 1.82) is 0 Å². The van der Waals surface area contributed by atoms with Crippen LogP contribution in [-0.4, -0.2) is 47.4 Å². The molecule has 87 heavy (non-hydrogen) atoms. The summed E-state index contributed by atoms with van der Waals surface area (Å²) in [7, 11) is 0. The van der Waals surface area contributed by atoms with E-state index in [1.165, 1.54) is 411 Å². The molecule has 520 valence electrons. The van der Waals surface area contributed by atoms with Gasteiger partial charge >= 0.3 is 5.97 Å². The molecule has 0 aromatic heterocycles. The third-order valence-corrected chi connectivity index (χ3v) is 19.7. The Bertz CT molecular complexity index is 1280. The van der Waals surface area contributed by atoms with Crippen LogP contribution in [-0.2, 0) is 14.3 Å². The van der Waals surface area contributed by atoms with Gasteiger partial charge in [-0.15, -0.1) is 0 Å².